The van der Waals surface area contributed by atoms with Gasteiger partial charge in [0.05, 0.1) is 6.61 Å². The van der Waals surface area contributed by atoms with Crippen LogP contribution in [0.3, 0.4) is 0 Å². The average Bonchev–Trinajstić information content (AvgIpc) is 4.01. The van der Waals surface area contributed by atoms with Gasteiger partial charge in [0.1, 0.15) is 5.75 Å². The van der Waals surface area contributed by atoms with Crippen LogP contribution in [0.4, 0.5) is 0 Å². The van der Waals surface area contributed by atoms with Crippen molar-refractivity contribution in [2.24, 2.45) is 0 Å². The molecule has 0 spiro atoms. The minimum atomic E-state index is 0.600. The lowest BCUT2D eigenvalue weighted by atomic mass is 10.0. The van der Waals surface area contributed by atoms with Crippen molar-refractivity contribution in [3.05, 3.63) is 127 Å². The van der Waals surface area contributed by atoms with Gasteiger partial charge in [0.15, 0.2) is 0 Å². The molecule has 0 amide bonds. The Labute approximate surface area is 273 Å². The van der Waals surface area contributed by atoms with Gasteiger partial charge >= 0.3 is 0 Å². The van der Waals surface area contributed by atoms with Crippen LogP contribution in [0, 0.1) is 0 Å². The van der Waals surface area contributed by atoms with Crippen LogP contribution in [-0.4, -0.2) is 73.5 Å². The van der Waals surface area contributed by atoms with E-state index in [2.05, 4.69) is 91.1 Å². The number of aromatic amines is 3. The third kappa shape index (κ3) is 7.13. The average molecular weight is 634 g/mol. The predicted octanol–water partition coefficient (Wildman–Crippen LogP) is 5.26. The van der Waals surface area contributed by atoms with Crippen LogP contribution in [0.5, 0.6) is 5.75 Å². The third-order valence-electron chi connectivity index (χ3n) is 7.36. The number of fused-ring (bicyclic) bond motifs is 1. The number of nitrogens with zero attached hydrogens (tertiary/aromatic N) is 10. The molecule has 0 aliphatic carbocycles. The smallest absolute Gasteiger partial charge is 0.204 e. The topological polar surface area (TPSA) is 186 Å². The van der Waals surface area contributed by atoms with E-state index in [0.717, 1.165) is 52.2 Å². The van der Waals surface area contributed by atoms with E-state index in [1.807, 2.05) is 91.1 Å². The fraction of sp³-hybridized carbons (Fsp3) is 0.0588. The first kappa shape index (κ1) is 29.7. The molecular weight excluding hydrogens is 606 g/mol. The molecule has 1 aliphatic rings. The highest BCUT2D eigenvalue weighted by Gasteiger charge is 2.14. The van der Waals surface area contributed by atoms with E-state index in [0.29, 0.717) is 17.5 Å². The highest BCUT2D eigenvalue weighted by atomic mass is 16.5. The van der Waals surface area contributed by atoms with E-state index in [-0.39, 0.29) is 0 Å². The molecule has 0 radical (unpaired) electrons. The fourth-order valence-corrected chi connectivity index (χ4v) is 4.97. The van der Waals surface area contributed by atoms with E-state index >= 15 is 0 Å². The number of H-pyrrole nitrogens is 3. The maximum Gasteiger partial charge on any atom is 0.204 e. The monoisotopic (exact) mass is 633 g/mol. The lowest BCUT2D eigenvalue weighted by Gasteiger charge is -2.02. The van der Waals surface area contributed by atoms with E-state index in [1.165, 1.54) is 11.1 Å². The first-order valence-corrected chi connectivity index (χ1v) is 14.9. The van der Waals surface area contributed by atoms with Crippen LogP contribution in [0.2, 0.25) is 0 Å². The number of nitrogens with one attached hydrogen (secondary N) is 3. The minimum Gasteiger partial charge on any atom is -0.493 e. The van der Waals surface area contributed by atoms with Crippen LogP contribution >= 0.6 is 0 Å². The molecule has 4 aromatic heterocycles. The molecule has 8 aromatic rings. The summed E-state index contributed by atoms with van der Waals surface area (Å²) in [7, 11) is 0. The van der Waals surface area contributed by atoms with Crippen molar-refractivity contribution in [2.75, 3.05) is 6.61 Å². The van der Waals surface area contributed by atoms with E-state index in [9.17, 15) is 0 Å². The summed E-state index contributed by atoms with van der Waals surface area (Å²) < 4.78 is 5.45. The molecule has 1 aliphatic heterocycles. The van der Waals surface area contributed by atoms with Gasteiger partial charge in [-0.3, -0.25) is 4.98 Å². The Kier molecular flexibility index (Phi) is 8.94. The maximum atomic E-state index is 5.45. The second-order valence-electron chi connectivity index (χ2n) is 10.4. The number of tetrazole rings is 3. The molecule has 0 saturated heterocycles. The summed E-state index contributed by atoms with van der Waals surface area (Å²) in [5, 5.41) is 41.6. The molecule has 14 nitrogen and oxygen atoms in total. The molecular formula is C34H27N13O. The first-order valence-electron chi connectivity index (χ1n) is 14.9. The Hall–Kier alpha value is -6.96. The molecule has 0 saturated carbocycles. The van der Waals surface area contributed by atoms with Crippen molar-refractivity contribution in [2.45, 2.75) is 6.42 Å². The molecule has 0 bridgehead atoms. The van der Waals surface area contributed by atoms with Crippen molar-refractivity contribution in [1.29, 1.82) is 0 Å². The van der Waals surface area contributed by atoms with Gasteiger partial charge in [0, 0.05) is 35.5 Å². The molecule has 9 rings (SSSR count). The Morgan fingerprint density at radius 1 is 0.479 bits per heavy atom. The number of pyridine rings is 1. The predicted molar refractivity (Wildman–Crippen MR) is 177 cm³/mol. The maximum absolute atomic E-state index is 5.45. The van der Waals surface area contributed by atoms with E-state index < -0.39 is 0 Å². The second-order valence-corrected chi connectivity index (χ2v) is 10.4. The number of hydrogen-bond acceptors (Lipinski definition) is 11. The van der Waals surface area contributed by atoms with Gasteiger partial charge in [-0.2, -0.15) is 15.6 Å². The molecule has 0 fully saturated rings. The van der Waals surface area contributed by atoms with E-state index in [4.69, 9.17) is 4.74 Å². The quantitative estimate of drug-likeness (QED) is 0.224. The summed E-state index contributed by atoms with van der Waals surface area (Å²) >= 11 is 0. The Bertz CT molecular complexity index is 2140. The Balaban J connectivity index is 0.000000115. The van der Waals surface area contributed by atoms with Gasteiger partial charge in [-0.05, 0) is 61.7 Å². The summed E-state index contributed by atoms with van der Waals surface area (Å²) in [6.45, 7) is 0.769. The highest BCUT2D eigenvalue weighted by Crippen LogP contribution is 2.29. The van der Waals surface area contributed by atoms with Crippen LogP contribution < -0.4 is 4.74 Å². The first-order chi connectivity index (χ1) is 23.8. The van der Waals surface area contributed by atoms with E-state index in [1.54, 1.807) is 6.20 Å². The van der Waals surface area contributed by atoms with Gasteiger partial charge in [0.25, 0.3) is 0 Å². The van der Waals surface area contributed by atoms with Crippen molar-refractivity contribution >= 4 is 0 Å². The molecule has 3 N–H and O–H groups in total. The Morgan fingerprint density at radius 2 is 1.04 bits per heavy atom. The summed E-state index contributed by atoms with van der Waals surface area (Å²) in [5.41, 5.74) is 8.60. The van der Waals surface area contributed by atoms with Gasteiger partial charge < -0.3 is 4.74 Å². The molecule has 0 unspecified atom stereocenters. The molecule has 0 atom stereocenters. The van der Waals surface area contributed by atoms with Crippen molar-refractivity contribution in [3.8, 4) is 62.2 Å². The fourth-order valence-electron chi connectivity index (χ4n) is 4.97. The molecule has 48 heavy (non-hydrogen) atoms. The van der Waals surface area contributed by atoms with Crippen molar-refractivity contribution < 1.29 is 4.74 Å². The molecule has 14 heteroatoms. The van der Waals surface area contributed by atoms with Crippen LogP contribution in [0.15, 0.2) is 122 Å². The largest absolute Gasteiger partial charge is 0.493 e. The zero-order chi connectivity index (χ0) is 32.4. The summed E-state index contributed by atoms with van der Waals surface area (Å²) in [4.78, 5) is 4.09. The Morgan fingerprint density at radius 3 is 1.69 bits per heavy atom. The van der Waals surface area contributed by atoms with Gasteiger partial charge in [-0.15, -0.1) is 30.6 Å². The minimum absolute atomic E-state index is 0.600. The zero-order valence-electron chi connectivity index (χ0n) is 25.3. The van der Waals surface area contributed by atoms with Gasteiger partial charge in [0.2, 0.25) is 17.5 Å². The normalized spacial score (nSPS) is 11.3. The standard InChI is InChI=1S/C13H10N4.C12H9N5.C9H8N4O/c1-2-5-10(6-3-1)11-7-4-8-12(9-11)13-14-16-17-15-13;1-2-11(8-13-7-1)9-3-5-10(6-4-9)12-14-16-17-15-12;1-2-7(9-10-12-13-11-9)5-8-6(1)3-4-14-8/h1-9H,(H,14,15,16,17);1-8H,(H,14,15,16,17);1-2,5H,3-4H2,(H,10,11,12,13). The van der Waals surface area contributed by atoms with Crippen LogP contribution in [0.1, 0.15) is 5.56 Å². The third-order valence-corrected chi connectivity index (χ3v) is 7.36. The lowest BCUT2D eigenvalue weighted by Crippen LogP contribution is -1.86. The number of hydrogen-bond donors (Lipinski definition) is 3. The van der Waals surface area contributed by atoms with Gasteiger partial charge in [-0.25, -0.2) is 0 Å². The number of aromatic nitrogens is 13. The number of ether oxygens (including phenoxy) is 1. The molecule has 5 heterocycles. The van der Waals surface area contributed by atoms with Gasteiger partial charge in [-0.1, -0.05) is 91.0 Å². The number of benzene rings is 4. The summed E-state index contributed by atoms with van der Waals surface area (Å²) in [6, 6.07) is 36.2. The molecule has 4 aromatic carbocycles. The second kappa shape index (κ2) is 14.4. The SMILES string of the molecule is c1cc2c(cc1-c1nn[nH]n1)OCC2.c1ccc(-c2cccc(-c3nn[nH]n3)c2)cc1.c1cncc(-c2ccc(-c3nn[nH]n3)cc2)c1. The lowest BCUT2D eigenvalue weighted by molar-refractivity contribution is 0.357. The van der Waals surface area contributed by atoms with Crippen molar-refractivity contribution in [3.63, 3.8) is 0 Å². The van der Waals surface area contributed by atoms with Crippen LogP contribution in [-0.2, 0) is 6.42 Å². The summed E-state index contributed by atoms with van der Waals surface area (Å²) in [5.74, 6) is 2.75. The number of rotatable bonds is 5. The molecule has 234 valence electrons. The summed E-state index contributed by atoms with van der Waals surface area (Å²) in [6.07, 6.45) is 4.59. The highest BCUT2D eigenvalue weighted by molar-refractivity contribution is 5.70. The zero-order valence-corrected chi connectivity index (χ0v) is 25.3. The van der Waals surface area contributed by atoms with Crippen LogP contribution in [0.25, 0.3) is 56.4 Å². The van der Waals surface area contributed by atoms with Crippen molar-refractivity contribution in [1.82, 2.24) is 66.9 Å².